The molecule has 0 radical (unpaired) electrons. The van der Waals surface area contributed by atoms with E-state index in [2.05, 4.69) is 255 Å². The Hall–Kier alpha value is -7.94. The van der Waals surface area contributed by atoms with E-state index in [0.717, 1.165) is 44.6 Å². The number of para-hydroxylation sites is 1. The second-order valence-electron chi connectivity index (χ2n) is 16.3. The van der Waals surface area contributed by atoms with Crippen molar-refractivity contribution in [1.82, 2.24) is 0 Å². The zero-order chi connectivity index (χ0) is 42.3. The van der Waals surface area contributed by atoms with Gasteiger partial charge in [0.1, 0.15) is 11.2 Å². The van der Waals surface area contributed by atoms with Crippen LogP contribution in [0.5, 0.6) is 0 Å². The molecule has 10 aromatic rings. The summed E-state index contributed by atoms with van der Waals surface area (Å²) in [6.45, 7) is 4.16. The van der Waals surface area contributed by atoms with Crippen LogP contribution in [0, 0.1) is 0 Å². The first-order valence-corrected chi connectivity index (χ1v) is 21.8. The van der Waals surface area contributed by atoms with Gasteiger partial charge < -0.3 is 9.32 Å². The van der Waals surface area contributed by atoms with Crippen molar-refractivity contribution in [3.05, 3.63) is 264 Å². The van der Waals surface area contributed by atoms with Crippen LogP contribution in [0.1, 0.15) is 41.7 Å². The molecule has 0 fully saturated rings. The fraction of sp³-hybridized carbons (Fsp3) is 0.0492. The quantitative estimate of drug-likeness (QED) is 0.135. The van der Waals surface area contributed by atoms with Crippen LogP contribution in [0.15, 0.2) is 241 Å². The van der Waals surface area contributed by atoms with Crippen molar-refractivity contribution in [1.29, 1.82) is 0 Å². The minimum Gasteiger partial charge on any atom is -0.455 e. The Bertz CT molecular complexity index is 3260. The number of allylic oxidation sites excluding steroid dienone is 4. The molecular weight excluding hydrogens is 763 g/mol. The Morgan fingerprint density at radius 2 is 0.968 bits per heavy atom. The molecule has 0 bridgehead atoms. The van der Waals surface area contributed by atoms with E-state index in [9.17, 15) is 0 Å². The summed E-state index contributed by atoms with van der Waals surface area (Å²) < 4.78 is 6.92. The smallest absolute Gasteiger partial charge is 0.143 e. The number of anilines is 3. The Kier molecular flexibility index (Phi) is 9.55. The van der Waals surface area contributed by atoms with Crippen LogP contribution in [0.3, 0.4) is 0 Å². The number of rotatable bonds is 9. The average molecular weight is 808 g/mol. The van der Waals surface area contributed by atoms with Crippen LogP contribution >= 0.6 is 0 Å². The normalized spacial score (nSPS) is 13.1. The van der Waals surface area contributed by atoms with Gasteiger partial charge in [-0.15, -0.1) is 0 Å². The monoisotopic (exact) mass is 807 g/mol. The van der Waals surface area contributed by atoms with Gasteiger partial charge in [-0.2, -0.15) is 0 Å². The summed E-state index contributed by atoms with van der Waals surface area (Å²) in [5.74, 6) is 0. The Morgan fingerprint density at radius 3 is 1.57 bits per heavy atom. The number of fused-ring (bicyclic) bond motifs is 7. The zero-order valence-corrected chi connectivity index (χ0v) is 35.4. The SMILES string of the molecule is C/C=C\C(=C/C)c1ccc(N(c2ccc(-c3ccc(-c4ccccc4)cc3)cc2)c2ccc3c(c2)-c2c(ccc4c2oc2ccccc24)C3(c2ccccc2)c2ccccc2)cc1. The molecule has 0 unspecified atom stereocenters. The molecule has 2 nitrogen and oxygen atoms in total. The van der Waals surface area contributed by atoms with Gasteiger partial charge in [0.25, 0.3) is 0 Å². The maximum atomic E-state index is 6.92. The molecular formula is C61H45NO. The predicted molar refractivity (Wildman–Crippen MR) is 265 cm³/mol. The highest BCUT2D eigenvalue weighted by Crippen LogP contribution is 2.59. The Morgan fingerprint density at radius 1 is 0.460 bits per heavy atom. The summed E-state index contributed by atoms with van der Waals surface area (Å²) in [6, 6.07) is 79.4. The molecule has 11 rings (SSSR count). The van der Waals surface area contributed by atoms with E-state index < -0.39 is 5.41 Å². The predicted octanol–water partition coefficient (Wildman–Crippen LogP) is 16.7. The van der Waals surface area contributed by atoms with Gasteiger partial charge in [0.15, 0.2) is 0 Å². The average Bonchev–Trinajstić information content (AvgIpc) is 3.88. The van der Waals surface area contributed by atoms with Crippen LogP contribution in [0.4, 0.5) is 17.1 Å². The molecule has 1 aliphatic rings. The van der Waals surface area contributed by atoms with Gasteiger partial charge >= 0.3 is 0 Å². The minimum atomic E-state index is -0.571. The standard InChI is InChI=1S/C61H45NO/c1-3-16-42(4-2)44-29-33-50(34-30-44)62(51-35-31-47(32-36-51)46-27-25-45(26-28-46)43-17-8-5-9-18-43)52-37-39-56-55(41-52)59-57(40-38-54-53-23-14-15-24-58(53)63-60(54)59)61(56,48-19-10-6-11-20-48)49-21-12-7-13-22-49/h3-41H,1-2H3/b16-3-,42-4+. The topological polar surface area (TPSA) is 16.4 Å². The lowest BCUT2D eigenvalue weighted by molar-refractivity contribution is 0.669. The molecule has 0 spiro atoms. The first kappa shape index (κ1) is 38.0. The number of nitrogens with zero attached hydrogens (tertiary/aromatic N) is 1. The third-order valence-corrected chi connectivity index (χ3v) is 12.9. The van der Waals surface area contributed by atoms with Gasteiger partial charge in [0.05, 0.1) is 5.41 Å². The second-order valence-corrected chi connectivity index (χ2v) is 16.3. The Balaban J connectivity index is 1.11. The van der Waals surface area contributed by atoms with Crippen LogP contribution in [-0.2, 0) is 5.41 Å². The highest BCUT2D eigenvalue weighted by molar-refractivity contribution is 6.12. The molecule has 1 aliphatic carbocycles. The van der Waals surface area contributed by atoms with Gasteiger partial charge in [-0.05, 0) is 118 Å². The zero-order valence-electron chi connectivity index (χ0n) is 35.4. The Labute approximate surface area is 369 Å². The van der Waals surface area contributed by atoms with E-state index in [4.69, 9.17) is 4.42 Å². The molecule has 9 aromatic carbocycles. The molecule has 0 aliphatic heterocycles. The van der Waals surface area contributed by atoms with Crippen LogP contribution < -0.4 is 4.90 Å². The third kappa shape index (κ3) is 6.34. The first-order valence-electron chi connectivity index (χ1n) is 21.8. The van der Waals surface area contributed by atoms with Gasteiger partial charge in [-0.1, -0.05) is 194 Å². The van der Waals surface area contributed by atoms with Crippen LogP contribution in [-0.4, -0.2) is 0 Å². The largest absolute Gasteiger partial charge is 0.455 e. The van der Waals surface area contributed by atoms with Crippen LogP contribution in [0.25, 0.3) is 60.9 Å². The number of benzene rings is 9. The van der Waals surface area contributed by atoms with Crippen LogP contribution in [0.2, 0.25) is 0 Å². The highest BCUT2D eigenvalue weighted by atomic mass is 16.3. The molecule has 2 heteroatoms. The van der Waals surface area contributed by atoms with Crippen molar-refractivity contribution in [2.45, 2.75) is 19.3 Å². The van der Waals surface area contributed by atoms with Crippen molar-refractivity contribution >= 4 is 44.6 Å². The summed E-state index contributed by atoms with van der Waals surface area (Å²) >= 11 is 0. The molecule has 300 valence electrons. The van der Waals surface area contributed by atoms with E-state index in [1.165, 1.54) is 61.2 Å². The summed E-state index contributed by atoms with van der Waals surface area (Å²) in [6.07, 6.45) is 6.43. The number of hydrogen-bond acceptors (Lipinski definition) is 2. The summed E-state index contributed by atoms with van der Waals surface area (Å²) in [7, 11) is 0. The second kappa shape index (κ2) is 15.8. The number of hydrogen-bond donors (Lipinski definition) is 0. The van der Waals surface area contributed by atoms with Crippen molar-refractivity contribution in [3.63, 3.8) is 0 Å². The molecule has 1 aromatic heterocycles. The first-order chi connectivity index (χ1) is 31.1. The maximum absolute atomic E-state index is 6.92. The lowest BCUT2D eigenvalue weighted by Crippen LogP contribution is -2.28. The molecule has 0 amide bonds. The number of furan rings is 1. The van der Waals surface area contributed by atoms with E-state index >= 15 is 0 Å². The summed E-state index contributed by atoms with van der Waals surface area (Å²) in [5, 5.41) is 2.25. The molecule has 0 N–H and O–H groups in total. The minimum absolute atomic E-state index is 0.571. The molecule has 1 heterocycles. The molecule has 0 atom stereocenters. The fourth-order valence-electron chi connectivity index (χ4n) is 9.96. The summed E-state index contributed by atoms with van der Waals surface area (Å²) in [4.78, 5) is 2.39. The summed E-state index contributed by atoms with van der Waals surface area (Å²) in [5.41, 5.74) is 18.8. The molecule has 0 saturated carbocycles. The third-order valence-electron chi connectivity index (χ3n) is 12.9. The fourth-order valence-corrected chi connectivity index (χ4v) is 9.96. The lowest BCUT2D eigenvalue weighted by atomic mass is 9.67. The molecule has 0 saturated heterocycles. The van der Waals surface area contributed by atoms with E-state index in [1.807, 2.05) is 0 Å². The van der Waals surface area contributed by atoms with Gasteiger partial charge in [-0.25, -0.2) is 0 Å². The lowest BCUT2D eigenvalue weighted by Gasteiger charge is -2.34. The molecule has 63 heavy (non-hydrogen) atoms. The van der Waals surface area contributed by atoms with E-state index in [0.29, 0.717) is 0 Å². The van der Waals surface area contributed by atoms with Gasteiger partial charge in [0, 0.05) is 33.4 Å². The van der Waals surface area contributed by atoms with E-state index in [1.54, 1.807) is 0 Å². The van der Waals surface area contributed by atoms with Crippen molar-refractivity contribution < 1.29 is 4.42 Å². The van der Waals surface area contributed by atoms with Gasteiger partial charge in [-0.3, -0.25) is 0 Å². The van der Waals surface area contributed by atoms with Crippen molar-refractivity contribution in [2.24, 2.45) is 0 Å². The highest BCUT2D eigenvalue weighted by Gasteiger charge is 2.47. The van der Waals surface area contributed by atoms with Crippen molar-refractivity contribution in [2.75, 3.05) is 4.90 Å². The van der Waals surface area contributed by atoms with E-state index in [-0.39, 0.29) is 0 Å². The van der Waals surface area contributed by atoms with Crippen molar-refractivity contribution in [3.8, 4) is 33.4 Å². The maximum Gasteiger partial charge on any atom is 0.143 e. The van der Waals surface area contributed by atoms with Gasteiger partial charge in [0.2, 0.25) is 0 Å².